The van der Waals surface area contributed by atoms with Gasteiger partial charge in [0.05, 0.1) is 23.4 Å². The van der Waals surface area contributed by atoms with Crippen molar-refractivity contribution in [2.24, 2.45) is 5.92 Å². The molecule has 0 aromatic carbocycles. The first-order chi connectivity index (χ1) is 12.9. The van der Waals surface area contributed by atoms with Crippen LogP contribution in [0.25, 0.3) is 9.88 Å². The van der Waals surface area contributed by atoms with E-state index in [9.17, 15) is 13.2 Å². The van der Waals surface area contributed by atoms with Crippen LogP contribution in [0.5, 0.6) is 0 Å². The number of hydrogen-bond acceptors (Lipinski definition) is 6. The van der Waals surface area contributed by atoms with Gasteiger partial charge in [-0.3, -0.25) is 4.79 Å². The quantitative estimate of drug-likeness (QED) is 0.713. The van der Waals surface area contributed by atoms with E-state index in [1.54, 1.807) is 27.0 Å². The number of carbonyl (C=O) groups excluding carboxylic acids is 1. The fraction of sp³-hybridized carbons (Fsp3) is 0.556. The molecule has 0 atom stereocenters. The van der Waals surface area contributed by atoms with E-state index in [0.717, 1.165) is 28.4 Å². The van der Waals surface area contributed by atoms with E-state index >= 15 is 0 Å². The molecule has 9 heteroatoms. The number of rotatable bonds is 6. The Balaban J connectivity index is 1.44. The van der Waals surface area contributed by atoms with Gasteiger partial charge in [0.1, 0.15) is 5.01 Å². The number of piperidine rings is 1. The molecule has 0 bridgehead atoms. The van der Waals surface area contributed by atoms with Crippen molar-refractivity contribution in [2.45, 2.75) is 38.3 Å². The fourth-order valence-electron chi connectivity index (χ4n) is 3.53. The largest absolute Gasteiger partial charge is 0.342 e. The summed E-state index contributed by atoms with van der Waals surface area (Å²) in [7, 11) is -3.35. The Labute approximate surface area is 167 Å². The third-order valence-corrected chi connectivity index (χ3v) is 8.35. The van der Waals surface area contributed by atoms with Crippen molar-refractivity contribution in [1.82, 2.24) is 14.2 Å². The second-order valence-electron chi connectivity index (χ2n) is 7.26. The van der Waals surface area contributed by atoms with Crippen LogP contribution in [-0.2, 0) is 21.4 Å². The molecule has 3 heterocycles. The number of amides is 1. The standard InChI is InChI=1S/C18H23N3O3S3/c1-27(23,24)21(11-14-12-26-17(19-14)16-3-2-10-25-16)15-6-8-20(9-7-15)18(22)13-4-5-13/h2-3,10,12-13,15H,4-9,11H2,1H3. The molecule has 6 nitrogen and oxygen atoms in total. The van der Waals surface area contributed by atoms with Crippen molar-refractivity contribution in [1.29, 1.82) is 0 Å². The number of thiophene rings is 1. The Kier molecular flexibility index (Phi) is 5.37. The Morgan fingerprint density at radius 3 is 2.59 bits per heavy atom. The van der Waals surface area contributed by atoms with Crippen LogP contribution in [0, 0.1) is 5.92 Å². The highest BCUT2D eigenvalue weighted by Gasteiger charge is 2.37. The minimum atomic E-state index is -3.35. The lowest BCUT2D eigenvalue weighted by atomic mass is 10.0. The molecule has 1 saturated heterocycles. The average Bonchev–Trinajstić information content (AvgIpc) is 3.15. The van der Waals surface area contributed by atoms with E-state index in [2.05, 4.69) is 4.98 Å². The van der Waals surface area contributed by atoms with Crippen molar-refractivity contribution >= 4 is 38.6 Å². The Hall–Kier alpha value is -1.29. The number of hydrogen-bond donors (Lipinski definition) is 0. The van der Waals surface area contributed by atoms with E-state index < -0.39 is 10.0 Å². The van der Waals surface area contributed by atoms with Crippen LogP contribution in [0.3, 0.4) is 0 Å². The lowest BCUT2D eigenvalue weighted by molar-refractivity contribution is -0.133. The number of carbonyl (C=O) groups is 1. The molecule has 2 aromatic rings. The summed E-state index contributed by atoms with van der Waals surface area (Å²) in [6.07, 6.45) is 4.65. The van der Waals surface area contributed by atoms with Gasteiger partial charge in [0, 0.05) is 30.4 Å². The van der Waals surface area contributed by atoms with Gasteiger partial charge < -0.3 is 4.90 Å². The van der Waals surface area contributed by atoms with Crippen molar-refractivity contribution in [2.75, 3.05) is 19.3 Å². The number of nitrogens with zero attached hydrogens (tertiary/aromatic N) is 3. The molecule has 0 unspecified atom stereocenters. The van der Waals surface area contributed by atoms with Gasteiger partial charge in [-0.05, 0) is 37.1 Å². The zero-order valence-electron chi connectivity index (χ0n) is 15.2. The zero-order valence-corrected chi connectivity index (χ0v) is 17.7. The first kappa shape index (κ1) is 19.0. The lowest BCUT2D eigenvalue weighted by Crippen LogP contribution is -2.48. The number of likely N-dealkylation sites (tertiary alicyclic amines) is 1. The minimum Gasteiger partial charge on any atom is -0.342 e. The topological polar surface area (TPSA) is 70.6 Å². The summed E-state index contributed by atoms with van der Waals surface area (Å²) < 4.78 is 26.4. The van der Waals surface area contributed by atoms with Gasteiger partial charge in [0.15, 0.2) is 0 Å². The lowest BCUT2D eigenvalue weighted by Gasteiger charge is -2.37. The summed E-state index contributed by atoms with van der Waals surface area (Å²) in [6.45, 7) is 1.58. The molecule has 1 saturated carbocycles. The Morgan fingerprint density at radius 2 is 2.00 bits per heavy atom. The smallest absolute Gasteiger partial charge is 0.225 e. The van der Waals surface area contributed by atoms with Crippen molar-refractivity contribution in [3.63, 3.8) is 0 Å². The van der Waals surface area contributed by atoms with Crippen molar-refractivity contribution < 1.29 is 13.2 Å². The highest BCUT2D eigenvalue weighted by atomic mass is 32.2. The monoisotopic (exact) mass is 425 g/mol. The molecule has 27 heavy (non-hydrogen) atoms. The van der Waals surface area contributed by atoms with Crippen LogP contribution in [0.1, 0.15) is 31.4 Å². The summed E-state index contributed by atoms with van der Waals surface area (Å²) >= 11 is 3.18. The summed E-state index contributed by atoms with van der Waals surface area (Å²) in [5.41, 5.74) is 0.783. The highest BCUT2D eigenvalue weighted by Crippen LogP contribution is 2.33. The van der Waals surface area contributed by atoms with Gasteiger partial charge in [-0.25, -0.2) is 13.4 Å². The van der Waals surface area contributed by atoms with Crippen LogP contribution in [0.2, 0.25) is 0 Å². The number of sulfonamides is 1. The second kappa shape index (κ2) is 7.62. The van der Waals surface area contributed by atoms with Gasteiger partial charge in [0.25, 0.3) is 0 Å². The molecular weight excluding hydrogens is 402 g/mol. The Morgan fingerprint density at radius 1 is 1.26 bits per heavy atom. The molecule has 2 aliphatic rings. The highest BCUT2D eigenvalue weighted by molar-refractivity contribution is 7.88. The molecule has 0 N–H and O–H groups in total. The van der Waals surface area contributed by atoms with Gasteiger partial charge in [-0.15, -0.1) is 22.7 Å². The predicted molar refractivity (Wildman–Crippen MR) is 108 cm³/mol. The first-order valence-corrected chi connectivity index (χ1v) is 12.8. The van der Waals surface area contributed by atoms with Crippen molar-refractivity contribution in [3.8, 4) is 9.88 Å². The molecule has 1 aliphatic carbocycles. The van der Waals surface area contributed by atoms with Gasteiger partial charge in [-0.1, -0.05) is 6.07 Å². The molecule has 4 rings (SSSR count). The van der Waals surface area contributed by atoms with Crippen LogP contribution in [0.4, 0.5) is 0 Å². The van der Waals surface area contributed by atoms with Crippen LogP contribution in [0.15, 0.2) is 22.9 Å². The average molecular weight is 426 g/mol. The van der Waals surface area contributed by atoms with E-state index in [4.69, 9.17) is 0 Å². The summed E-state index contributed by atoms with van der Waals surface area (Å²) in [5.74, 6) is 0.470. The van der Waals surface area contributed by atoms with Gasteiger partial charge in [-0.2, -0.15) is 4.31 Å². The predicted octanol–water partition coefficient (Wildman–Crippen LogP) is 3.03. The van der Waals surface area contributed by atoms with E-state index in [1.165, 1.54) is 6.26 Å². The molecule has 2 aromatic heterocycles. The third kappa shape index (κ3) is 4.42. The third-order valence-electron chi connectivity index (χ3n) is 5.14. The number of aromatic nitrogens is 1. The minimum absolute atomic E-state index is 0.0739. The first-order valence-electron chi connectivity index (χ1n) is 9.15. The molecule has 2 fully saturated rings. The summed E-state index contributed by atoms with van der Waals surface area (Å²) in [5, 5.41) is 4.88. The van der Waals surface area contributed by atoms with Gasteiger partial charge >= 0.3 is 0 Å². The maximum Gasteiger partial charge on any atom is 0.225 e. The molecule has 146 valence electrons. The van der Waals surface area contributed by atoms with Crippen LogP contribution >= 0.6 is 22.7 Å². The second-order valence-corrected chi connectivity index (χ2v) is 11.0. The fourth-order valence-corrected chi connectivity index (χ4v) is 6.28. The van der Waals surface area contributed by atoms with Crippen LogP contribution in [-0.4, -0.2) is 53.9 Å². The number of thiazole rings is 1. The molecule has 1 aliphatic heterocycles. The molecule has 0 radical (unpaired) electrons. The summed E-state index contributed by atoms with van der Waals surface area (Å²) in [4.78, 5) is 19.9. The zero-order chi connectivity index (χ0) is 19.0. The van der Waals surface area contributed by atoms with Crippen LogP contribution < -0.4 is 0 Å². The SMILES string of the molecule is CS(=O)(=O)N(Cc1csc(-c2cccs2)n1)C1CCN(C(=O)C2CC2)CC1. The molecular formula is C18H23N3O3S3. The Bertz CT molecular complexity index is 895. The normalized spacial score (nSPS) is 19.0. The molecule has 0 spiro atoms. The van der Waals surface area contributed by atoms with E-state index in [-0.39, 0.29) is 17.9 Å². The van der Waals surface area contributed by atoms with E-state index in [0.29, 0.717) is 32.5 Å². The maximum atomic E-state index is 12.4. The molecule has 1 amide bonds. The van der Waals surface area contributed by atoms with Gasteiger partial charge in [0.2, 0.25) is 15.9 Å². The van der Waals surface area contributed by atoms with Crippen molar-refractivity contribution in [3.05, 3.63) is 28.6 Å². The van der Waals surface area contributed by atoms with E-state index in [1.807, 2.05) is 27.8 Å². The summed E-state index contributed by atoms with van der Waals surface area (Å²) in [6, 6.07) is 3.93. The maximum absolute atomic E-state index is 12.4.